The van der Waals surface area contributed by atoms with E-state index in [9.17, 15) is 9.90 Å². The van der Waals surface area contributed by atoms with Crippen LogP contribution >= 0.6 is 12.4 Å². The fourth-order valence-corrected chi connectivity index (χ4v) is 2.00. The number of carboxylic acids is 1. The van der Waals surface area contributed by atoms with E-state index >= 15 is 0 Å². The summed E-state index contributed by atoms with van der Waals surface area (Å²) in [6.45, 7) is 0. The number of aliphatic carboxylic acids is 1. The lowest BCUT2D eigenvalue weighted by molar-refractivity contribution is -0.130. The first-order valence-corrected chi connectivity index (χ1v) is 5.57. The molecule has 0 aromatic heterocycles. The highest BCUT2D eigenvalue weighted by atomic mass is 35.5. The van der Waals surface area contributed by atoms with Crippen LogP contribution in [0.5, 0.6) is 11.5 Å². The van der Waals surface area contributed by atoms with E-state index < -0.39 is 5.97 Å². The number of para-hydroxylation sites is 2. The lowest BCUT2D eigenvalue weighted by Gasteiger charge is -2.08. The van der Waals surface area contributed by atoms with Crippen molar-refractivity contribution in [3.63, 3.8) is 0 Å². The maximum atomic E-state index is 11.4. The molecular formula is C15H11ClO3. The van der Waals surface area contributed by atoms with Crippen molar-refractivity contribution < 1.29 is 14.6 Å². The Kier molecular flexibility index (Phi) is 3.58. The number of halogens is 1. The van der Waals surface area contributed by atoms with Crippen molar-refractivity contribution in [2.75, 3.05) is 0 Å². The summed E-state index contributed by atoms with van der Waals surface area (Å²) < 4.78 is 5.77. The highest BCUT2D eigenvalue weighted by molar-refractivity contribution is 6.21. The maximum Gasteiger partial charge on any atom is 0.336 e. The third kappa shape index (κ3) is 2.33. The zero-order chi connectivity index (χ0) is 12.5. The summed E-state index contributed by atoms with van der Waals surface area (Å²) in [6.07, 6.45) is 1.64. The monoisotopic (exact) mass is 274 g/mol. The average Bonchev–Trinajstić information content (AvgIpc) is 2.55. The Hall–Kier alpha value is -2.26. The number of carboxylic acid groups (broad SMARTS) is 1. The molecule has 2 aromatic rings. The maximum absolute atomic E-state index is 11.4. The molecule has 0 saturated carbocycles. The quantitative estimate of drug-likeness (QED) is 0.859. The van der Waals surface area contributed by atoms with Gasteiger partial charge >= 0.3 is 5.97 Å². The van der Waals surface area contributed by atoms with Gasteiger partial charge in [0.1, 0.15) is 11.5 Å². The van der Waals surface area contributed by atoms with Crippen molar-refractivity contribution in [1.82, 2.24) is 0 Å². The molecule has 0 aliphatic carbocycles. The Morgan fingerprint density at radius 2 is 1.58 bits per heavy atom. The van der Waals surface area contributed by atoms with Gasteiger partial charge in [-0.25, -0.2) is 4.79 Å². The van der Waals surface area contributed by atoms with Crippen LogP contribution in [0.25, 0.3) is 11.6 Å². The molecule has 0 radical (unpaired) electrons. The molecule has 4 heteroatoms. The van der Waals surface area contributed by atoms with E-state index in [4.69, 9.17) is 4.74 Å². The molecule has 0 fully saturated rings. The molecule has 1 aliphatic heterocycles. The molecule has 0 saturated heterocycles. The number of fused-ring (bicyclic) bond motifs is 2. The summed E-state index contributed by atoms with van der Waals surface area (Å²) in [4.78, 5) is 11.4. The Balaban J connectivity index is 0.00000133. The summed E-state index contributed by atoms with van der Waals surface area (Å²) in [5.74, 6) is 0.278. The van der Waals surface area contributed by atoms with Crippen molar-refractivity contribution in [3.8, 4) is 11.5 Å². The minimum atomic E-state index is -0.956. The largest absolute Gasteiger partial charge is 0.478 e. The third-order valence-corrected chi connectivity index (χ3v) is 2.85. The van der Waals surface area contributed by atoms with Gasteiger partial charge in [-0.1, -0.05) is 36.4 Å². The van der Waals surface area contributed by atoms with Crippen LogP contribution in [0.4, 0.5) is 0 Å². The first-order chi connectivity index (χ1) is 8.75. The summed E-state index contributed by atoms with van der Waals surface area (Å²) in [5.41, 5.74) is 1.61. The Morgan fingerprint density at radius 3 is 2.32 bits per heavy atom. The summed E-state index contributed by atoms with van der Waals surface area (Å²) in [7, 11) is 0. The fraction of sp³-hybridized carbons (Fsp3) is 0. The molecule has 0 unspecified atom stereocenters. The predicted molar refractivity (Wildman–Crippen MR) is 75.7 cm³/mol. The van der Waals surface area contributed by atoms with Crippen LogP contribution < -0.4 is 4.74 Å². The van der Waals surface area contributed by atoms with Gasteiger partial charge in [0.25, 0.3) is 0 Å². The molecule has 0 spiro atoms. The number of carbonyl (C=O) groups is 1. The second-order valence-corrected chi connectivity index (χ2v) is 4.00. The van der Waals surface area contributed by atoms with Crippen LogP contribution in [-0.2, 0) is 4.79 Å². The van der Waals surface area contributed by atoms with Gasteiger partial charge in [0.15, 0.2) is 0 Å². The van der Waals surface area contributed by atoms with E-state index in [2.05, 4.69) is 0 Å². The van der Waals surface area contributed by atoms with Gasteiger partial charge in [0.2, 0.25) is 0 Å². The van der Waals surface area contributed by atoms with Crippen LogP contribution in [-0.4, -0.2) is 11.1 Å². The van der Waals surface area contributed by atoms with E-state index in [1.54, 1.807) is 24.3 Å². The molecule has 1 heterocycles. The van der Waals surface area contributed by atoms with Gasteiger partial charge in [0, 0.05) is 11.1 Å². The van der Waals surface area contributed by atoms with Crippen LogP contribution in [0.15, 0.2) is 48.5 Å². The summed E-state index contributed by atoms with van der Waals surface area (Å²) in [5, 5.41) is 9.31. The molecule has 96 valence electrons. The lowest BCUT2D eigenvalue weighted by Crippen LogP contribution is -1.99. The molecular weight excluding hydrogens is 264 g/mol. The molecule has 1 aliphatic rings. The fourth-order valence-electron chi connectivity index (χ4n) is 2.00. The molecule has 0 atom stereocenters. The van der Waals surface area contributed by atoms with E-state index in [-0.39, 0.29) is 18.0 Å². The molecule has 1 N–H and O–H groups in total. The van der Waals surface area contributed by atoms with Gasteiger partial charge in [-0.3, -0.25) is 0 Å². The SMILES string of the molecule is Cl.O=C(O)C1=Cc2ccccc2Oc2ccccc21. The Morgan fingerprint density at radius 1 is 0.947 bits per heavy atom. The standard InChI is InChI=1S/C15H10O3.ClH/c16-15(17)12-9-10-5-1-3-7-13(10)18-14-8-4-2-6-11(12)14;/h1-9H,(H,16,17);1H. The number of benzene rings is 2. The summed E-state index contributed by atoms with van der Waals surface area (Å²) in [6, 6.07) is 14.5. The zero-order valence-corrected chi connectivity index (χ0v) is 10.7. The van der Waals surface area contributed by atoms with Crippen LogP contribution in [0.1, 0.15) is 11.1 Å². The second kappa shape index (κ2) is 5.16. The smallest absolute Gasteiger partial charge is 0.336 e. The normalized spacial score (nSPS) is 11.9. The highest BCUT2D eigenvalue weighted by Crippen LogP contribution is 2.37. The molecule has 3 rings (SSSR count). The molecule has 19 heavy (non-hydrogen) atoms. The van der Waals surface area contributed by atoms with E-state index in [1.165, 1.54) is 0 Å². The Labute approximate surface area is 116 Å². The number of rotatable bonds is 1. The highest BCUT2D eigenvalue weighted by Gasteiger charge is 2.20. The summed E-state index contributed by atoms with van der Waals surface area (Å²) >= 11 is 0. The van der Waals surface area contributed by atoms with Gasteiger partial charge in [-0.15, -0.1) is 12.4 Å². The van der Waals surface area contributed by atoms with Crippen LogP contribution in [0.3, 0.4) is 0 Å². The molecule has 2 aromatic carbocycles. The van der Waals surface area contributed by atoms with Crippen LogP contribution in [0, 0.1) is 0 Å². The molecule has 0 amide bonds. The second-order valence-electron chi connectivity index (χ2n) is 4.00. The van der Waals surface area contributed by atoms with Crippen LogP contribution in [0.2, 0.25) is 0 Å². The zero-order valence-electron chi connectivity index (χ0n) is 9.87. The molecule has 0 bridgehead atoms. The molecule has 3 nitrogen and oxygen atoms in total. The first kappa shape index (κ1) is 13.2. The van der Waals surface area contributed by atoms with Crippen molar-refractivity contribution in [2.45, 2.75) is 0 Å². The topological polar surface area (TPSA) is 46.5 Å². The predicted octanol–water partition coefficient (Wildman–Crippen LogP) is 3.84. The Bertz CT molecular complexity index is 662. The third-order valence-electron chi connectivity index (χ3n) is 2.85. The minimum absolute atomic E-state index is 0. The van der Waals surface area contributed by atoms with E-state index in [0.29, 0.717) is 17.1 Å². The van der Waals surface area contributed by atoms with E-state index in [1.807, 2.05) is 30.3 Å². The first-order valence-electron chi connectivity index (χ1n) is 5.57. The van der Waals surface area contributed by atoms with Crippen molar-refractivity contribution in [3.05, 3.63) is 59.7 Å². The number of hydrogen-bond donors (Lipinski definition) is 1. The number of ether oxygens (including phenoxy) is 1. The van der Waals surface area contributed by atoms with Gasteiger partial charge in [-0.05, 0) is 18.2 Å². The van der Waals surface area contributed by atoms with Crippen molar-refractivity contribution in [2.24, 2.45) is 0 Å². The van der Waals surface area contributed by atoms with Gasteiger partial charge < -0.3 is 9.84 Å². The average molecular weight is 275 g/mol. The lowest BCUT2D eigenvalue weighted by atomic mass is 10.0. The van der Waals surface area contributed by atoms with E-state index in [0.717, 1.165) is 5.56 Å². The van der Waals surface area contributed by atoms with Crippen molar-refractivity contribution in [1.29, 1.82) is 0 Å². The van der Waals surface area contributed by atoms with Crippen molar-refractivity contribution >= 4 is 30.0 Å². The minimum Gasteiger partial charge on any atom is -0.478 e. The van der Waals surface area contributed by atoms with Gasteiger partial charge in [-0.2, -0.15) is 0 Å². The number of hydrogen-bond acceptors (Lipinski definition) is 2. The van der Waals surface area contributed by atoms with Gasteiger partial charge in [0.05, 0.1) is 5.57 Å².